The van der Waals surface area contributed by atoms with Gasteiger partial charge in [0, 0.05) is 12.7 Å². The minimum Gasteiger partial charge on any atom is -0.494 e. The summed E-state index contributed by atoms with van der Waals surface area (Å²) in [6.45, 7) is 5.62. The molecule has 0 bridgehead atoms. The fraction of sp³-hybridized carbons (Fsp3) is 0.312. The van der Waals surface area contributed by atoms with Gasteiger partial charge in [0.15, 0.2) is 6.29 Å². The third kappa shape index (κ3) is 3.47. The summed E-state index contributed by atoms with van der Waals surface area (Å²) in [7, 11) is 0. The number of carbonyl (C=O) groups is 1. The number of aromatic nitrogens is 1. The van der Waals surface area contributed by atoms with Crippen LogP contribution >= 0.6 is 0 Å². The minimum absolute atomic E-state index is 0.652. The van der Waals surface area contributed by atoms with Crippen LogP contribution in [0.4, 0.5) is 0 Å². The Balaban J connectivity index is 1.80. The van der Waals surface area contributed by atoms with Crippen LogP contribution in [0.15, 0.2) is 36.5 Å². The maximum absolute atomic E-state index is 10.8. The van der Waals surface area contributed by atoms with Gasteiger partial charge in [-0.2, -0.15) is 0 Å². The molecule has 0 radical (unpaired) electrons. The number of aldehydes is 1. The highest BCUT2D eigenvalue weighted by atomic mass is 16.5. The van der Waals surface area contributed by atoms with Crippen molar-refractivity contribution in [2.45, 2.75) is 26.8 Å². The molecule has 0 aliphatic heterocycles. The van der Waals surface area contributed by atoms with Crippen molar-refractivity contribution in [3.63, 3.8) is 0 Å². The Morgan fingerprint density at radius 3 is 2.79 bits per heavy atom. The number of nitrogens with zero attached hydrogens (tertiary/aromatic N) is 1. The van der Waals surface area contributed by atoms with Crippen LogP contribution in [0, 0.1) is 13.8 Å². The zero-order chi connectivity index (χ0) is 13.7. The molecule has 3 heteroatoms. The number of ether oxygens (including phenoxy) is 1. The first-order valence-corrected chi connectivity index (χ1v) is 6.51. The predicted molar refractivity (Wildman–Crippen MR) is 75.8 cm³/mol. The fourth-order valence-corrected chi connectivity index (χ4v) is 1.97. The summed E-state index contributed by atoms with van der Waals surface area (Å²) >= 11 is 0. The van der Waals surface area contributed by atoms with Gasteiger partial charge in [0.2, 0.25) is 0 Å². The fourth-order valence-electron chi connectivity index (χ4n) is 1.97. The highest BCUT2D eigenvalue weighted by Gasteiger charge is 2.00. The molecule has 0 N–H and O–H groups in total. The second-order valence-electron chi connectivity index (χ2n) is 4.69. The van der Waals surface area contributed by atoms with Crippen molar-refractivity contribution in [3.8, 4) is 5.75 Å². The Kier molecular flexibility index (Phi) is 4.39. The summed E-state index contributed by atoms with van der Waals surface area (Å²) in [5.41, 5.74) is 3.23. The van der Waals surface area contributed by atoms with Gasteiger partial charge in [0.05, 0.1) is 12.3 Å². The molecular weight excluding hydrogens is 238 g/mol. The summed E-state index contributed by atoms with van der Waals surface area (Å²) in [5.74, 6) is 0.909. The second kappa shape index (κ2) is 6.23. The average Bonchev–Trinajstić information content (AvgIpc) is 2.86. The van der Waals surface area contributed by atoms with Crippen LogP contribution in [-0.2, 0) is 6.54 Å². The Labute approximate surface area is 113 Å². The molecule has 0 atom stereocenters. The maximum atomic E-state index is 10.8. The first kappa shape index (κ1) is 13.4. The lowest BCUT2D eigenvalue weighted by Crippen LogP contribution is -2.06. The lowest BCUT2D eigenvalue weighted by atomic mass is 10.1. The van der Waals surface area contributed by atoms with Crippen molar-refractivity contribution in [1.82, 2.24) is 4.57 Å². The minimum atomic E-state index is 0.652. The van der Waals surface area contributed by atoms with Gasteiger partial charge < -0.3 is 9.30 Å². The van der Waals surface area contributed by atoms with Gasteiger partial charge in [-0.25, -0.2) is 0 Å². The smallest absolute Gasteiger partial charge is 0.166 e. The van der Waals surface area contributed by atoms with E-state index in [9.17, 15) is 4.79 Å². The molecule has 1 heterocycles. The molecule has 0 fully saturated rings. The molecule has 0 amide bonds. The molecule has 100 valence electrons. The van der Waals surface area contributed by atoms with Gasteiger partial charge in [-0.05, 0) is 55.7 Å². The van der Waals surface area contributed by atoms with Gasteiger partial charge in [-0.1, -0.05) is 6.07 Å². The molecule has 1 aromatic carbocycles. The number of aryl methyl sites for hydroxylation is 3. The van der Waals surface area contributed by atoms with Crippen LogP contribution in [-0.4, -0.2) is 17.5 Å². The summed E-state index contributed by atoms with van der Waals surface area (Å²) in [6, 6.07) is 9.82. The van der Waals surface area contributed by atoms with Crippen LogP contribution < -0.4 is 4.74 Å². The number of hydrogen-bond donors (Lipinski definition) is 0. The second-order valence-corrected chi connectivity index (χ2v) is 4.69. The molecule has 1 aromatic heterocycles. The number of hydrogen-bond acceptors (Lipinski definition) is 2. The van der Waals surface area contributed by atoms with Gasteiger partial charge in [-0.3, -0.25) is 4.79 Å². The summed E-state index contributed by atoms with van der Waals surface area (Å²) in [5, 5.41) is 0. The van der Waals surface area contributed by atoms with E-state index in [1.54, 1.807) is 0 Å². The molecule has 3 nitrogen and oxygen atoms in total. The SMILES string of the molecule is Cc1ccc(OCCCn2cccc2C=O)cc1C. The first-order chi connectivity index (χ1) is 9.20. The van der Waals surface area contributed by atoms with Gasteiger partial charge in [0.25, 0.3) is 0 Å². The first-order valence-electron chi connectivity index (χ1n) is 6.51. The molecule has 0 saturated carbocycles. The van der Waals surface area contributed by atoms with Crippen LogP contribution in [0.1, 0.15) is 28.0 Å². The van der Waals surface area contributed by atoms with Crippen LogP contribution in [0.25, 0.3) is 0 Å². The highest BCUT2D eigenvalue weighted by molar-refractivity contribution is 5.72. The van der Waals surface area contributed by atoms with E-state index in [1.165, 1.54) is 11.1 Å². The van der Waals surface area contributed by atoms with E-state index in [1.807, 2.05) is 29.0 Å². The van der Waals surface area contributed by atoms with Crippen molar-refractivity contribution in [1.29, 1.82) is 0 Å². The van der Waals surface area contributed by atoms with E-state index in [-0.39, 0.29) is 0 Å². The molecule has 19 heavy (non-hydrogen) atoms. The molecule has 0 aliphatic carbocycles. The van der Waals surface area contributed by atoms with E-state index >= 15 is 0 Å². The molecular formula is C16H19NO2. The van der Waals surface area contributed by atoms with Crippen molar-refractivity contribution >= 4 is 6.29 Å². The van der Waals surface area contributed by atoms with E-state index < -0.39 is 0 Å². The van der Waals surface area contributed by atoms with E-state index in [0.717, 1.165) is 25.0 Å². The van der Waals surface area contributed by atoms with Crippen LogP contribution in [0.2, 0.25) is 0 Å². The molecule has 0 spiro atoms. The standard InChI is InChI=1S/C16H19NO2/c1-13-6-7-16(11-14(13)2)19-10-4-9-17-8-3-5-15(17)12-18/h3,5-8,11-12H,4,9-10H2,1-2H3. The largest absolute Gasteiger partial charge is 0.494 e. The molecule has 0 saturated heterocycles. The summed E-state index contributed by atoms with van der Waals surface area (Å²) in [6.07, 6.45) is 3.67. The highest BCUT2D eigenvalue weighted by Crippen LogP contribution is 2.16. The summed E-state index contributed by atoms with van der Waals surface area (Å²) < 4.78 is 7.65. The number of carbonyl (C=O) groups excluding carboxylic acids is 1. The Hall–Kier alpha value is -2.03. The maximum Gasteiger partial charge on any atom is 0.166 e. The van der Waals surface area contributed by atoms with Crippen molar-refractivity contribution in [2.24, 2.45) is 0 Å². The lowest BCUT2D eigenvalue weighted by molar-refractivity contribution is 0.111. The molecule has 2 aromatic rings. The summed E-state index contributed by atoms with van der Waals surface area (Å²) in [4.78, 5) is 10.8. The van der Waals surface area contributed by atoms with Gasteiger partial charge in [-0.15, -0.1) is 0 Å². The third-order valence-electron chi connectivity index (χ3n) is 3.28. The molecule has 0 aliphatic rings. The van der Waals surface area contributed by atoms with E-state index in [4.69, 9.17) is 4.74 Å². The van der Waals surface area contributed by atoms with E-state index in [2.05, 4.69) is 26.0 Å². The quantitative estimate of drug-likeness (QED) is 0.586. The van der Waals surface area contributed by atoms with Crippen molar-refractivity contribution in [3.05, 3.63) is 53.3 Å². The van der Waals surface area contributed by atoms with Gasteiger partial charge in [0.1, 0.15) is 5.75 Å². The van der Waals surface area contributed by atoms with Crippen LogP contribution in [0.3, 0.4) is 0 Å². The topological polar surface area (TPSA) is 31.2 Å². The van der Waals surface area contributed by atoms with Crippen LogP contribution in [0.5, 0.6) is 5.75 Å². The number of benzene rings is 1. The number of rotatable bonds is 6. The predicted octanol–water partition coefficient (Wildman–Crippen LogP) is 3.39. The normalized spacial score (nSPS) is 10.4. The Morgan fingerprint density at radius 2 is 2.05 bits per heavy atom. The molecule has 2 rings (SSSR count). The zero-order valence-electron chi connectivity index (χ0n) is 11.4. The Bertz CT molecular complexity index is 558. The monoisotopic (exact) mass is 257 g/mol. The average molecular weight is 257 g/mol. The van der Waals surface area contributed by atoms with Crippen molar-refractivity contribution in [2.75, 3.05) is 6.61 Å². The van der Waals surface area contributed by atoms with Gasteiger partial charge >= 0.3 is 0 Å². The lowest BCUT2D eigenvalue weighted by Gasteiger charge is -2.09. The zero-order valence-corrected chi connectivity index (χ0v) is 11.4. The Morgan fingerprint density at radius 1 is 1.21 bits per heavy atom. The third-order valence-corrected chi connectivity index (χ3v) is 3.28. The van der Waals surface area contributed by atoms with E-state index in [0.29, 0.717) is 12.3 Å². The van der Waals surface area contributed by atoms with Crippen molar-refractivity contribution < 1.29 is 9.53 Å². The molecule has 0 unspecified atom stereocenters.